The van der Waals surface area contributed by atoms with Gasteiger partial charge in [-0.25, -0.2) is 4.39 Å². The second-order valence-electron chi connectivity index (χ2n) is 5.68. The fourth-order valence-electron chi connectivity index (χ4n) is 2.78. The molecule has 1 saturated heterocycles. The van der Waals surface area contributed by atoms with Gasteiger partial charge in [0.1, 0.15) is 5.82 Å². The first kappa shape index (κ1) is 17.3. The molecule has 1 amide bonds. The number of benzene rings is 1. The van der Waals surface area contributed by atoms with E-state index in [1.165, 1.54) is 12.1 Å². The van der Waals surface area contributed by atoms with Gasteiger partial charge in [0.2, 0.25) is 5.91 Å². The maximum atomic E-state index is 12.9. The molecular weight excluding hydrogens is 299 g/mol. The zero-order valence-electron chi connectivity index (χ0n) is 13.4. The number of nitrogens with zero attached hydrogens (tertiary/aromatic N) is 2. The minimum atomic E-state index is -0.196. The zero-order valence-corrected chi connectivity index (χ0v) is 14.2. The van der Waals surface area contributed by atoms with Gasteiger partial charge in [0, 0.05) is 32.7 Å². The average Bonchev–Trinajstić information content (AvgIpc) is 2.75. The molecule has 5 heteroatoms. The van der Waals surface area contributed by atoms with E-state index in [0.717, 1.165) is 50.5 Å². The highest BCUT2D eigenvalue weighted by atomic mass is 32.2. The van der Waals surface area contributed by atoms with E-state index in [0.29, 0.717) is 0 Å². The zero-order chi connectivity index (χ0) is 15.9. The summed E-state index contributed by atoms with van der Waals surface area (Å²) in [5, 5.41) is 0.0497. The second kappa shape index (κ2) is 8.53. The van der Waals surface area contributed by atoms with Crippen molar-refractivity contribution >= 4 is 17.7 Å². The molecule has 1 aliphatic heterocycles. The summed E-state index contributed by atoms with van der Waals surface area (Å²) in [4.78, 5) is 16.7. The van der Waals surface area contributed by atoms with Gasteiger partial charge >= 0.3 is 0 Å². The Bertz CT molecular complexity index is 480. The molecule has 0 aliphatic carbocycles. The van der Waals surface area contributed by atoms with Crippen LogP contribution in [-0.2, 0) is 11.3 Å². The summed E-state index contributed by atoms with van der Waals surface area (Å²) < 4.78 is 12.9. The second-order valence-corrected chi connectivity index (χ2v) is 7.30. The molecular formula is C17H25FN2OS. The number of carbonyl (C=O) groups is 1. The number of halogens is 1. The van der Waals surface area contributed by atoms with Crippen molar-refractivity contribution < 1.29 is 9.18 Å². The Morgan fingerprint density at radius 3 is 2.64 bits per heavy atom. The molecule has 122 valence electrons. The molecule has 0 spiro atoms. The number of rotatable bonds is 5. The molecule has 1 aliphatic rings. The first-order chi connectivity index (χ1) is 10.6. The quantitative estimate of drug-likeness (QED) is 0.832. The normalized spacial score (nSPS) is 18.0. The van der Waals surface area contributed by atoms with E-state index in [-0.39, 0.29) is 17.0 Å². The van der Waals surface area contributed by atoms with Crippen LogP contribution in [0.2, 0.25) is 0 Å². The van der Waals surface area contributed by atoms with Gasteiger partial charge in [-0.3, -0.25) is 9.69 Å². The van der Waals surface area contributed by atoms with Crippen LogP contribution < -0.4 is 0 Å². The van der Waals surface area contributed by atoms with Gasteiger partial charge in [0.25, 0.3) is 0 Å². The summed E-state index contributed by atoms with van der Waals surface area (Å²) in [5.74, 6) is 1.03. The van der Waals surface area contributed by atoms with Crippen LogP contribution in [0.15, 0.2) is 24.3 Å². The number of hydrogen-bond donors (Lipinski definition) is 0. The molecule has 1 aromatic carbocycles. The Balaban J connectivity index is 1.86. The van der Waals surface area contributed by atoms with Gasteiger partial charge in [-0.1, -0.05) is 19.1 Å². The van der Waals surface area contributed by atoms with Crippen LogP contribution in [-0.4, -0.2) is 52.9 Å². The molecule has 2 rings (SSSR count). The smallest absolute Gasteiger partial charge is 0.235 e. The van der Waals surface area contributed by atoms with Crippen LogP contribution >= 0.6 is 11.8 Å². The fourth-order valence-corrected chi connectivity index (χ4v) is 3.57. The Labute approximate surface area is 136 Å². The predicted molar refractivity (Wildman–Crippen MR) is 90.5 cm³/mol. The molecule has 1 unspecified atom stereocenters. The lowest BCUT2D eigenvalue weighted by Gasteiger charge is -2.24. The molecule has 3 nitrogen and oxygen atoms in total. The number of amides is 1. The van der Waals surface area contributed by atoms with Crippen LogP contribution in [0.25, 0.3) is 0 Å². The van der Waals surface area contributed by atoms with E-state index < -0.39 is 0 Å². The largest absolute Gasteiger partial charge is 0.340 e. The Morgan fingerprint density at radius 2 is 1.95 bits per heavy atom. The fraction of sp³-hybridized carbons (Fsp3) is 0.588. The van der Waals surface area contributed by atoms with Crippen LogP contribution in [0.1, 0.15) is 25.8 Å². The van der Waals surface area contributed by atoms with E-state index in [2.05, 4.69) is 11.8 Å². The highest BCUT2D eigenvalue weighted by molar-refractivity contribution is 8.00. The van der Waals surface area contributed by atoms with Crippen molar-refractivity contribution in [1.29, 1.82) is 0 Å². The van der Waals surface area contributed by atoms with Gasteiger partial charge in [0.15, 0.2) is 0 Å². The Morgan fingerprint density at radius 1 is 1.23 bits per heavy atom. The van der Waals surface area contributed by atoms with Gasteiger partial charge in [0.05, 0.1) is 5.25 Å². The lowest BCUT2D eigenvalue weighted by molar-refractivity contribution is -0.130. The predicted octanol–water partition coefficient (Wildman–Crippen LogP) is 3.00. The molecule has 22 heavy (non-hydrogen) atoms. The van der Waals surface area contributed by atoms with Gasteiger partial charge in [-0.05, 0) is 36.8 Å². The number of thioether (sulfide) groups is 1. The van der Waals surface area contributed by atoms with Crippen molar-refractivity contribution in [3.05, 3.63) is 35.6 Å². The minimum Gasteiger partial charge on any atom is -0.340 e. The summed E-state index contributed by atoms with van der Waals surface area (Å²) in [6.45, 7) is 8.39. The van der Waals surface area contributed by atoms with Gasteiger partial charge in [-0.2, -0.15) is 0 Å². The van der Waals surface area contributed by atoms with Crippen LogP contribution in [0, 0.1) is 5.82 Å². The van der Waals surface area contributed by atoms with E-state index in [9.17, 15) is 9.18 Å². The topological polar surface area (TPSA) is 23.6 Å². The molecule has 1 aromatic rings. The average molecular weight is 324 g/mol. The van der Waals surface area contributed by atoms with Crippen molar-refractivity contribution in [3.63, 3.8) is 0 Å². The highest BCUT2D eigenvalue weighted by Crippen LogP contribution is 2.15. The summed E-state index contributed by atoms with van der Waals surface area (Å²) in [5.41, 5.74) is 1.12. The van der Waals surface area contributed by atoms with E-state index in [1.807, 2.05) is 24.0 Å². The third kappa shape index (κ3) is 4.99. The van der Waals surface area contributed by atoms with E-state index in [1.54, 1.807) is 11.8 Å². The van der Waals surface area contributed by atoms with E-state index in [4.69, 9.17) is 0 Å². The molecule has 1 atom stereocenters. The SMILES string of the molecule is CCSC(C)C(=O)N1CCCN(Cc2ccc(F)cc2)CC1. The monoisotopic (exact) mass is 324 g/mol. The molecule has 0 radical (unpaired) electrons. The van der Waals surface area contributed by atoms with Crippen LogP contribution in [0.5, 0.6) is 0 Å². The Hall–Kier alpha value is -1.07. The molecule has 0 N–H and O–H groups in total. The standard InChI is InChI=1S/C17H25FN2OS/c1-3-22-14(2)17(21)20-10-4-9-19(11-12-20)13-15-5-7-16(18)8-6-15/h5-8,14H,3-4,9-13H2,1-2H3. The summed E-state index contributed by atoms with van der Waals surface area (Å²) in [7, 11) is 0. The number of hydrogen-bond acceptors (Lipinski definition) is 3. The van der Waals surface area contributed by atoms with Crippen molar-refractivity contribution in [1.82, 2.24) is 9.80 Å². The third-order valence-electron chi connectivity index (χ3n) is 3.98. The summed E-state index contributed by atoms with van der Waals surface area (Å²) in [6.07, 6.45) is 0.996. The van der Waals surface area contributed by atoms with Gasteiger partial charge in [-0.15, -0.1) is 11.8 Å². The van der Waals surface area contributed by atoms with Crippen molar-refractivity contribution in [2.45, 2.75) is 32.1 Å². The molecule has 0 bridgehead atoms. The molecule has 1 fully saturated rings. The van der Waals surface area contributed by atoms with Crippen molar-refractivity contribution in [3.8, 4) is 0 Å². The first-order valence-electron chi connectivity index (χ1n) is 7.97. The molecule has 1 heterocycles. The minimum absolute atomic E-state index is 0.0497. The number of carbonyl (C=O) groups excluding carboxylic acids is 1. The lowest BCUT2D eigenvalue weighted by Crippen LogP contribution is -2.39. The van der Waals surface area contributed by atoms with Gasteiger partial charge < -0.3 is 4.90 Å². The molecule has 0 aromatic heterocycles. The van der Waals surface area contributed by atoms with Crippen LogP contribution in [0.3, 0.4) is 0 Å². The van der Waals surface area contributed by atoms with Crippen molar-refractivity contribution in [2.24, 2.45) is 0 Å². The maximum absolute atomic E-state index is 12.9. The summed E-state index contributed by atoms with van der Waals surface area (Å²) in [6, 6.07) is 6.69. The van der Waals surface area contributed by atoms with Crippen LogP contribution in [0.4, 0.5) is 4.39 Å². The highest BCUT2D eigenvalue weighted by Gasteiger charge is 2.23. The van der Waals surface area contributed by atoms with Crippen molar-refractivity contribution in [2.75, 3.05) is 31.9 Å². The molecule has 0 saturated carbocycles. The van der Waals surface area contributed by atoms with E-state index >= 15 is 0 Å². The summed E-state index contributed by atoms with van der Waals surface area (Å²) >= 11 is 1.70. The Kier molecular flexibility index (Phi) is 6.70. The lowest BCUT2D eigenvalue weighted by atomic mass is 10.2. The maximum Gasteiger partial charge on any atom is 0.235 e. The third-order valence-corrected chi connectivity index (χ3v) is 5.02. The first-order valence-corrected chi connectivity index (χ1v) is 9.02.